The molecule has 5 rings (SSSR count). The maximum Gasteiger partial charge on any atom is 0.340 e. The van der Waals surface area contributed by atoms with E-state index in [9.17, 15) is 13.5 Å². The van der Waals surface area contributed by atoms with Crippen molar-refractivity contribution in [2.45, 2.75) is 125 Å². The SMILES string of the molecule is CCCCCC/C=C\C(O[Si](C)(C)C(C)(C)C)c1cccc(C(O)c2ccccc2-c2ccc(Sc3ccc(OCCCC)cc3)c(S(=O)(=O)Oc3ccccc3)c2)c1. The lowest BCUT2D eigenvalue weighted by Crippen LogP contribution is -2.41. The van der Waals surface area contributed by atoms with Gasteiger partial charge in [-0.3, -0.25) is 0 Å². The summed E-state index contributed by atoms with van der Waals surface area (Å²) < 4.78 is 46.8. The second-order valence-electron chi connectivity index (χ2n) is 16.5. The lowest BCUT2D eigenvalue weighted by Gasteiger charge is -2.39. The average Bonchev–Trinajstić information content (AvgIpc) is 3.22. The number of aliphatic hydroxyl groups is 1. The van der Waals surface area contributed by atoms with E-state index in [1.165, 1.54) is 31.0 Å². The Hall–Kier alpha value is -4.12. The van der Waals surface area contributed by atoms with Crippen molar-refractivity contribution in [2.24, 2.45) is 0 Å². The molecule has 0 radical (unpaired) electrons. The van der Waals surface area contributed by atoms with Crippen LogP contribution in [0.2, 0.25) is 18.1 Å². The van der Waals surface area contributed by atoms with E-state index in [0.717, 1.165) is 47.5 Å². The van der Waals surface area contributed by atoms with Gasteiger partial charge in [-0.1, -0.05) is 151 Å². The fourth-order valence-corrected chi connectivity index (χ4v) is 9.87. The van der Waals surface area contributed by atoms with Crippen molar-refractivity contribution in [3.63, 3.8) is 0 Å². The number of aliphatic hydroxyl groups excluding tert-OH is 1. The van der Waals surface area contributed by atoms with Crippen LogP contribution in [0.5, 0.6) is 11.5 Å². The highest BCUT2D eigenvalue weighted by molar-refractivity contribution is 8.00. The Kier molecular flexibility index (Phi) is 16.7. The van der Waals surface area contributed by atoms with E-state index in [4.69, 9.17) is 13.3 Å². The third-order valence-corrected chi connectivity index (χ3v) is 17.8. The fourth-order valence-electron chi connectivity index (χ4n) is 6.37. The van der Waals surface area contributed by atoms with E-state index in [1.54, 1.807) is 30.3 Å². The minimum absolute atomic E-state index is 0.0241. The molecule has 0 aliphatic heterocycles. The van der Waals surface area contributed by atoms with Crippen molar-refractivity contribution in [3.05, 3.63) is 150 Å². The Morgan fingerprint density at radius 3 is 2.15 bits per heavy atom. The fraction of sp³-hybridized carbons (Fsp3) is 0.360. The lowest BCUT2D eigenvalue weighted by molar-refractivity contribution is 0.217. The zero-order valence-electron chi connectivity index (χ0n) is 35.8. The van der Waals surface area contributed by atoms with Gasteiger partial charge in [0.05, 0.1) is 12.7 Å². The standard InChI is InChI=1S/C50H62O6S2Si/c1-8-10-12-13-14-18-28-46(56-59(6,7)50(3,4)5)39-22-21-23-40(36-39)49(51)45-27-20-19-26-44(45)38-29-34-47(57-43-32-30-41(31-33-43)54-35-11-9-2)48(37-38)58(52,53)55-42-24-16-15-17-25-42/h15-34,36-37,46,49,51H,8-14,35H2,1-7H3/b28-18-. The summed E-state index contributed by atoms with van der Waals surface area (Å²) in [4.78, 5) is 1.40. The molecule has 5 aromatic carbocycles. The number of ether oxygens (including phenoxy) is 1. The number of unbranched alkanes of at least 4 members (excludes halogenated alkanes) is 5. The topological polar surface area (TPSA) is 82.1 Å². The first-order valence-corrected chi connectivity index (χ1v) is 26.1. The second kappa shape index (κ2) is 21.4. The summed E-state index contributed by atoms with van der Waals surface area (Å²) in [5.74, 6) is 0.993. The van der Waals surface area contributed by atoms with Crippen molar-refractivity contribution < 1.29 is 26.9 Å². The molecular formula is C50H62O6S2Si. The molecule has 0 fully saturated rings. The first-order valence-electron chi connectivity index (χ1n) is 21.0. The van der Waals surface area contributed by atoms with Gasteiger partial charge >= 0.3 is 10.1 Å². The predicted octanol–water partition coefficient (Wildman–Crippen LogP) is 14.1. The molecule has 2 atom stereocenters. The first-order chi connectivity index (χ1) is 28.2. The highest BCUT2D eigenvalue weighted by Crippen LogP contribution is 2.42. The minimum Gasteiger partial charge on any atom is -0.494 e. The van der Waals surface area contributed by atoms with Crippen molar-refractivity contribution in [2.75, 3.05) is 6.61 Å². The summed E-state index contributed by atoms with van der Waals surface area (Å²) in [6.45, 7) is 16.3. The summed E-state index contributed by atoms with van der Waals surface area (Å²) in [6.07, 6.45) is 11.0. The largest absolute Gasteiger partial charge is 0.494 e. The summed E-state index contributed by atoms with van der Waals surface area (Å²) in [5.41, 5.74) is 3.73. The lowest BCUT2D eigenvalue weighted by atomic mass is 9.91. The van der Waals surface area contributed by atoms with Crippen LogP contribution in [0.15, 0.2) is 148 Å². The minimum atomic E-state index is -4.28. The molecule has 5 aromatic rings. The maximum atomic E-state index is 14.1. The van der Waals surface area contributed by atoms with Crippen LogP contribution in [-0.4, -0.2) is 28.4 Å². The first kappa shape index (κ1) is 46.0. The zero-order chi connectivity index (χ0) is 42.5. The number of allylic oxidation sites excluding steroid dienone is 1. The van der Waals surface area contributed by atoms with Gasteiger partial charge in [-0.25, -0.2) is 0 Å². The van der Waals surface area contributed by atoms with E-state index in [0.29, 0.717) is 28.2 Å². The molecule has 1 N–H and O–H groups in total. The van der Waals surface area contributed by atoms with Crippen molar-refractivity contribution in [1.82, 2.24) is 0 Å². The van der Waals surface area contributed by atoms with E-state index in [2.05, 4.69) is 65.9 Å². The second-order valence-corrected chi connectivity index (χ2v) is 23.9. The van der Waals surface area contributed by atoms with Crippen LogP contribution < -0.4 is 8.92 Å². The summed E-state index contributed by atoms with van der Waals surface area (Å²) in [6, 6.07) is 37.2. The molecule has 9 heteroatoms. The predicted molar refractivity (Wildman–Crippen MR) is 247 cm³/mol. The van der Waals surface area contributed by atoms with Crippen LogP contribution in [0.1, 0.15) is 108 Å². The van der Waals surface area contributed by atoms with E-state index in [1.807, 2.05) is 84.9 Å². The quantitative estimate of drug-likeness (QED) is 0.0341. The monoisotopic (exact) mass is 850 g/mol. The Labute approximate surface area is 359 Å². The van der Waals surface area contributed by atoms with Gasteiger partial charge in [0.1, 0.15) is 22.5 Å². The Morgan fingerprint density at radius 1 is 0.746 bits per heavy atom. The Morgan fingerprint density at radius 2 is 1.44 bits per heavy atom. The van der Waals surface area contributed by atoms with Crippen LogP contribution in [0.25, 0.3) is 11.1 Å². The van der Waals surface area contributed by atoms with Gasteiger partial charge in [-0.15, -0.1) is 0 Å². The zero-order valence-corrected chi connectivity index (χ0v) is 38.5. The number of rotatable bonds is 21. The molecule has 0 aliphatic carbocycles. The highest BCUT2D eigenvalue weighted by atomic mass is 32.2. The third kappa shape index (κ3) is 12.9. The molecule has 0 aliphatic rings. The number of para-hydroxylation sites is 1. The van der Waals surface area contributed by atoms with Gasteiger partial charge < -0.3 is 18.5 Å². The van der Waals surface area contributed by atoms with E-state index in [-0.39, 0.29) is 21.8 Å². The molecular weight excluding hydrogens is 789 g/mol. The molecule has 0 aromatic heterocycles. The van der Waals surface area contributed by atoms with Gasteiger partial charge in [0, 0.05) is 9.79 Å². The molecule has 0 heterocycles. The Balaban J connectivity index is 1.50. The van der Waals surface area contributed by atoms with Crippen LogP contribution in [0.4, 0.5) is 0 Å². The molecule has 6 nitrogen and oxygen atoms in total. The van der Waals surface area contributed by atoms with Gasteiger partial charge in [0.15, 0.2) is 8.32 Å². The van der Waals surface area contributed by atoms with Crippen LogP contribution in [0, 0.1) is 0 Å². The van der Waals surface area contributed by atoms with Gasteiger partial charge in [0.2, 0.25) is 0 Å². The van der Waals surface area contributed by atoms with E-state index < -0.39 is 24.5 Å². The van der Waals surface area contributed by atoms with Crippen LogP contribution in [-0.2, 0) is 14.5 Å². The molecule has 0 saturated heterocycles. The summed E-state index contributed by atoms with van der Waals surface area (Å²) in [5, 5.41) is 12.2. The average molecular weight is 851 g/mol. The molecule has 0 bridgehead atoms. The molecule has 0 saturated carbocycles. The Bertz CT molecular complexity index is 2210. The molecule has 59 heavy (non-hydrogen) atoms. The molecule has 314 valence electrons. The molecule has 0 spiro atoms. The van der Waals surface area contributed by atoms with Crippen LogP contribution >= 0.6 is 11.8 Å². The molecule has 0 amide bonds. The number of hydrogen-bond acceptors (Lipinski definition) is 7. The number of hydrogen-bond donors (Lipinski definition) is 1. The summed E-state index contributed by atoms with van der Waals surface area (Å²) >= 11 is 1.34. The normalized spacial score (nSPS) is 13.4. The van der Waals surface area contributed by atoms with Gasteiger partial charge in [0.25, 0.3) is 0 Å². The maximum absolute atomic E-state index is 14.1. The van der Waals surface area contributed by atoms with Gasteiger partial charge in [-0.05, 0) is 120 Å². The number of benzene rings is 5. The van der Waals surface area contributed by atoms with E-state index >= 15 is 0 Å². The van der Waals surface area contributed by atoms with Crippen molar-refractivity contribution in [3.8, 4) is 22.6 Å². The van der Waals surface area contributed by atoms with Crippen molar-refractivity contribution in [1.29, 1.82) is 0 Å². The summed E-state index contributed by atoms with van der Waals surface area (Å²) in [7, 11) is -6.44. The van der Waals surface area contributed by atoms with Gasteiger partial charge in [-0.2, -0.15) is 8.42 Å². The van der Waals surface area contributed by atoms with Crippen LogP contribution in [0.3, 0.4) is 0 Å². The third-order valence-electron chi connectivity index (χ3n) is 10.9. The smallest absolute Gasteiger partial charge is 0.340 e. The molecule has 2 unspecified atom stereocenters. The highest BCUT2D eigenvalue weighted by Gasteiger charge is 2.39. The van der Waals surface area contributed by atoms with Crippen molar-refractivity contribution >= 4 is 30.2 Å².